The number of aromatic nitrogens is 3. The molecular weight excluding hydrogens is 220 g/mol. The van der Waals surface area contributed by atoms with Gasteiger partial charge in [0.2, 0.25) is 0 Å². The summed E-state index contributed by atoms with van der Waals surface area (Å²) in [5.74, 6) is 0.933. The molecule has 1 atom stereocenters. The van der Waals surface area contributed by atoms with Crippen molar-refractivity contribution in [2.45, 2.75) is 25.8 Å². The van der Waals surface area contributed by atoms with E-state index in [0.717, 1.165) is 18.7 Å². The predicted molar refractivity (Wildman–Crippen MR) is 65.3 cm³/mol. The molecule has 0 aliphatic heterocycles. The molecule has 16 heavy (non-hydrogen) atoms. The van der Waals surface area contributed by atoms with E-state index in [-0.39, 0.29) is 6.04 Å². The first-order chi connectivity index (χ1) is 7.72. The van der Waals surface area contributed by atoms with E-state index in [2.05, 4.69) is 28.5 Å². The van der Waals surface area contributed by atoms with Crippen LogP contribution in [-0.4, -0.2) is 14.8 Å². The Bertz CT molecular complexity index is 460. The highest BCUT2D eigenvalue weighted by molar-refractivity contribution is 7.10. The summed E-state index contributed by atoms with van der Waals surface area (Å²) in [7, 11) is 1.89. The van der Waals surface area contributed by atoms with E-state index in [9.17, 15) is 0 Å². The van der Waals surface area contributed by atoms with Gasteiger partial charge < -0.3 is 5.73 Å². The molecule has 0 amide bonds. The van der Waals surface area contributed by atoms with Crippen molar-refractivity contribution < 1.29 is 0 Å². The van der Waals surface area contributed by atoms with Gasteiger partial charge in [-0.2, -0.15) is 5.10 Å². The Morgan fingerprint density at radius 3 is 3.00 bits per heavy atom. The van der Waals surface area contributed by atoms with Crippen LogP contribution in [0.1, 0.15) is 29.2 Å². The summed E-state index contributed by atoms with van der Waals surface area (Å²) in [6.07, 6.45) is 3.34. The maximum Gasteiger partial charge on any atom is 0.138 e. The van der Waals surface area contributed by atoms with E-state index < -0.39 is 0 Å². The molecule has 2 aromatic heterocycles. The third-order valence-electron chi connectivity index (χ3n) is 2.71. The Kier molecular flexibility index (Phi) is 3.36. The van der Waals surface area contributed by atoms with Gasteiger partial charge in [0.25, 0.3) is 0 Å². The maximum atomic E-state index is 6.21. The zero-order chi connectivity index (χ0) is 11.5. The van der Waals surface area contributed by atoms with Crippen molar-refractivity contribution in [3.05, 3.63) is 34.0 Å². The Morgan fingerprint density at radius 1 is 1.56 bits per heavy atom. The highest BCUT2D eigenvalue weighted by Gasteiger charge is 2.14. The molecule has 0 radical (unpaired) electrons. The van der Waals surface area contributed by atoms with Gasteiger partial charge >= 0.3 is 0 Å². The Hall–Kier alpha value is -1.20. The lowest BCUT2D eigenvalue weighted by atomic mass is 10.1. The minimum absolute atomic E-state index is 0.0258. The summed E-state index contributed by atoms with van der Waals surface area (Å²) in [5.41, 5.74) is 7.55. The average Bonchev–Trinajstić information content (AvgIpc) is 2.87. The Morgan fingerprint density at radius 2 is 2.38 bits per heavy atom. The summed E-state index contributed by atoms with van der Waals surface area (Å²) >= 11 is 1.73. The zero-order valence-electron chi connectivity index (χ0n) is 9.55. The van der Waals surface area contributed by atoms with Gasteiger partial charge in [-0.15, -0.1) is 11.3 Å². The molecule has 0 aliphatic rings. The molecule has 0 aliphatic carbocycles. The van der Waals surface area contributed by atoms with Gasteiger partial charge in [-0.05, 0) is 23.4 Å². The van der Waals surface area contributed by atoms with Crippen LogP contribution < -0.4 is 5.73 Å². The lowest BCUT2D eigenvalue weighted by molar-refractivity contribution is 0.633. The lowest BCUT2D eigenvalue weighted by Crippen LogP contribution is -2.16. The summed E-state index contributed by atoms with van der Waals surface area (Å²) < 4.78 is 1.78. The molecule has 4 nitrogen and oxygen atoms in total. The number of hydrogen-bond donors (Lipinski definition) is 1. The second-order valence-electron chi connectivity index (χ2n) is 3.77. The van der Waals surface area contributed by atoms with Crippen molar-refractivity contribution in [1.82, 2.24) is 14.8 Å². The molecule has 2 rings (SSSR count). The van der Waals surface area contributed by atoms with Crippen LogP contribution in [0.25, 0.3) is 0 Å². The second kappa shape index (κ2) is 4.76. The monoisotopic (exact) mass is 236 g/mol. The molecule has 2 N–H and O–H groups in total. The van der Waals surface area contributed by atoms with Crippen LogP contribution in [0.3, 0.4) is 0 Å². The lowest BCUT2D eigenvalue weighted by Gasteiger charge is -2.11. The topological polar surface area (TPSA) is 56.7 Å². The molecule has 1 unspecified atom stereocenters. The number of nitrogens with two attached hydrogens (primary N) is 1. The van der Waals surface area contributed by atoms with Crippen LogP contribution in [0.15, 0.2) is 17.8 Å². The van der Waals surface area contributed by atoms with Gasteiger partial charge in [0.05, 0.1) is 0 Å². The molecular formula is C11H16N4S. The van der Waals surface area contributed by atoms with Crippen molar-refractivity contribution >= 4 is 11.3 Å². The maximum absolute atomic E-state index is 6.21. The highest BCUT2D eigenvalue weighted by atomic mass is 32.1. The van der Waals surface area contributed by atoms with Crippen LogP contribution in [-0.2, 0) is 19.9 Å². The SMILES string of the molecule is CCc1ccsc1C(N)Cc1ncnn1C. The van der Waals surface area contributed by atoms with Crippen molar-refractivity contribution in [1.29, 1.82) is 0 Å². The fourth-order valence-electron chi connectivity index (χ4n) is 1.76. The summed E-state index contributed by atoms with van der Waals surface area (Å²) in [6.45, 7) is 2.15. The number of thiophene rings is 1. The van der Waals surface area contributed by atoms with Gasteiger partial charge in [-0.1, -0.05) is 6.92 Å². The Labute approximate surface area is 99.1 Å². The molecule has 0 saturated carbocycles. The largest absolute Gasteiger partial charge is 0.323 e. The van der Waals surface area contributed by atoms with Gasteiger partial charge in [0.15, 0.2) is 0 Å². The third kappa shape index (κ3) is 2.15. The quantitative estimate of drug-likeness (QED) is 0.878. The molecule has 0 spiro atoms. The van der Waals surface area contributed by atoms with Crippen LogP contribution in [0.4, 0.5) is 0 Å². The molecule has 0 saturated heterocycles. The molecule has 2 aromatic rings. The van der Waals surface area contributed by atoms with Crippen molar-refractivity contribution in [2.75, 3.05) is 0 Å². The first kappa shape index (κ1) is 11.3. The first-order valence-corrected chi connectivity index (χ1v) is 6.25. The van der Waals surface area contributed by atoms with Crippen molar-refractivity contribution in [2.24, 2.45) is 12.8 Å². The third-order valence-corrected chi connectivity index (χ3v) is 3.80. The van der Waals surface area contributed by atoms with Gasteiger partial charge in [0.1, 0.15) is 12.2 Å². The number of aryl methyl sites for hydroxylation is 2. The van der Waals surface area contributed by atoms with Crippen LogP contribution in [0, 0.1) is 0 Å². The number of nitrogens with zero attached hydrogens (tertiary/aromatic N) is 3. The Balaban J connectivity index is 2.14. The fourth-order valence-corrected chi connectivity index (χ4v) is 2.76. The fraction of sp³-hybridized carbons (Fsp3) is 0.455. The van der Waals surface area contributed by atoms with E-state index in [1.807, 2.05) is 7.05 Å². The van der Waals surface area contributed by atoms with E-state index >= 15 is 0 Å². The smallest absolute Gasteiger partial charge is 0.138 e. The van der Waals surface area contributed by atoms with Crippen LogP contribution >= 0.6 is 11.3 Å². The van der Waals surface area contributed by atoms with E-state index in [1.165, 1.54) is 10.4 Å². The van der Waals surface area contributed by atoms with Crippen molar-refractivity contribution in [3.8, 4) is 0 Å². The normalized spacial score (nSPS) is 12.9. The van der Waals surface area contributed by atoms with Crippen LogP contribution in [0.5, 0.6) is 0 Å². The number of rotatable bonds is 4. The summed E-state index contributed by atoms with van der Waals surface area (Å²) in [6, 6.07) is 2.18. The highest BCUT2D eigenvalue weighted by Crippen LogP contribution is 2.25. The number of hydrogen-bond acceptors (Lipinski definition) is 4. The molecule has 0 fully saturated rings. The minimum atomic E-state index is 0.0258. The second-order valence-corrected chi connectivity index (χ2v) is 4.72. The standard InChI is InChI=1S/C11H16N4S/c1-3-8-4-5-16-11(8)9(12)6-10-13-7-14-15(10)2/h4-5,7,9H,3,6,12H2,1-2H3. The van der Waals surface area contributed by atoms with Gasteiger partial charge in [-0.25, -0.2) is 4.98 Å². The van der Waals surface area contributed by atoms with E-state index in [4.69, 9.17) is 5.73 Å². The molecule has 0 bridgehead atoms. The van der Waals surface area contributed by atoms with E-state index in [1.54, 1.807) is 22.3 Å². The summed E-state index contributed by atoms with van der Waals surface area (Å²) in [5, 5.41) is 6.15. The first-order valence-electron chi connectivity index (χ1n) is 5.37. The minimum Gasteiger partial charge on any atom is -0.323 e. The molecule has 2 heterocycles. The predicted octanol–water partition coefficient (Wildman–Crippen LogP) is 1.68. The summed E-state index contributed by atoms with van der Waals surface area (Å²) in [4.78, 5) is 5.47. The van der Waals surface area contributed by atoms with Crippen molar-refractivity contribution in [3.63, 3.8) is 0 Å². The van der Waals surface area contributed by atoms with Gasteiger partial charge in [-0.3, -0.25) is 4.68 Å². The molecule has 5 heteroatoms. The van der Waals surface area contributed by atoms with Gasteiger partial charge in [0, 0.05) is 24.4 Å². The van der Waals surface area contributed by atoms with E-state index in [0.29, 0.717) is 0 Å². The average molecular weight is 236 g/mol. The van der Waals surface area contributed by atoms with Crippen LogP contribution in [0.2, 0.25) is 0 Å². The molecule has 0 aromatic carbocycles. The zero-order valence-corrected chi connectivity index (χ0v) is 10.4. The molecule has 86 valence electrons.